The molecule has 2 saturated carbocycles. The quantitative estimate of drug-likeness (QED) is 0.446. The standard InChI is InChI=1S/C27H31F2N3O/c28-20-15-19(16-21(29)17-20)27-30-24-13-7-8-14-25(24)31(27)18-26(33)32(22-9-3-1-4-10-22)23-11-5-2-6-12-23/h7-8,13-17,22-23H,1-6,9-12,18H2. The van der Waals surface area contributed by atoms with Crippen LogP contribution in [0.5, 0.6) is 0 Å². The average molecular weight is 452 g/mol. The lowest BCUT2D eigenvalue weighted by Gasteiger charge is -2.42. The number of aromatic nitrogens is 2. The number of fused-ring (bicyclic) bond motifs is 1. The topological polar surface area (TPSA) is 38.1 Å². The normalized spacial score (nSPS) is 18.0. The predicted molar refractivity (Wildman–Crippen MR) is 126 cm³/mol. The zero-order valence-corrected chi connectivity index (χ0v) is 19.0. The Bertz CT molecular complexity index is 1090. The first-order valence-electron chi connectivity index (χ1n) is 12.3. The van der Waals surface area contributed by atoms with E-state index >= 15 is 0 Å². The third kappa shape index (κ3) is 4.66. The van der Waals surface area contributed by atoms with Gasteiger partial charge in [-0.1, -0.05) is 50.7 Å². The Kier molecular flexibility index (Phi) is 6.43. The van der Waals surface area contributed by atoms with Gasteiger partial charge in [-0.25, -0.2) is 13.8 Å². The van der Waals surface area contributed by atoms with Gasteiger partial charge in [0.15, 0.2) is 0 Å². The van der Waals surface area contributed by atoms with Crippen molar-refractivity contribution in [2.24, 2.45) is 0 Å². The van der Waals surface area contributed by atoms with E-state index in [2.05, 4.69) is 9.88 Å². The average Bonchev–Trinajstić information content (AvgIpc) is 3.18. The molecule has 2 aliphatic rings. The van der Waals surface area contributed by atoms with Gasteiger partial charge in [0.1, 0.15) is 24.0 Å². The third-order valence-electron chi connectivity index (χ3n) is 7.29. The van der Waals surface area contributed by atoms with Crippen LogP contribution >= 0.6 is 0 Å². The molecule has 0 saturated heterocycles. The number of nitrogens with zero attached hydrogens (tertiary/aromatic N) is 3. The largest absolute Gasteiger partial charge is 0.335 e. The highest BCUT2D eigenvalue weighted by Gasteiger charge is 2.33. The lowest BCUT2D eigenvalue weighted by atomic mass is 9.88. The van der Waals surface area contributed by atoms with Crippen LogP contribution in [0.2, 0.25) is 0 Å². The molecular weight excluding hydrogens is 420 g/mol. The zero-order valence-electron chi connectivity index (χ0n) is 19.0. The summed E-state index contributed by atoms with van der Waals surface area (Å²) >= 11 is 0. The number of imidazole rings is 1. The zero-order chi connectivity index (χ0) is 22.8. The van der Waals surface area contributed by atoms with Crippen LogP contribution in [0.3, 0.4) is 0 Å². The van der Waals surface area contributed by atoms with Gasteiger partial charge in [0.05, 0.1) is 11.0 Å². The molecule has 0 atom stereocenters. The minimum Gasteiger partial charge on any atom is -0.335 e. The molecule has 3 aromatic rings. The van der Waals surface area contributed by atoms with E-state index in [4.69, 9.17) is 0 Å². The van der Waals surface area contributed by atoms with Crippen molar-refractivity contribution >= 4 is 16.9 Å². The highest BCUT2D eigenvalue weighted by atomic mass is 19.1. The molecule has 0 N–H and O–H groups in total. The molecule has 0 aliphatic heterocycles. The molecule has 5 rings (SSSR count). The number of hydrogen-bond acceptors (Lipinski definition) is 2. The Balaban J connectivity index is 1.53. The second kappa shape index (κ2) is 9.62. The van der Waals surface area contributed by atoms with Crippen LogP contribution in [0.15, 0.2) is 42.5 Å². The van der Waals surface area contributed by atoms with Crippen molar-refractivity contribution in [3.63, 3.8) is 0 Å². The third-order valence-corrected chi connectivity index (χ3v) is 7.29. The lowest BCUT2D eigenvalue weighted by Crippen LogP contribution is -2.50. The van der Waals surface area contributed by atoms with Gasteiger partial charge >= 0.3 is 0 Å². The Labute approximate surface area is 193 Å². The molecule has 4 nitrogen and oxygen atoms in total. The number of rotatable bonds is 5. The number of para-hydroxylation sites is 2. The monoisotopic (exact) mass is 451 g/mol. The van der Waals surface area contributed by atoms with Gasteiger partial charge in [0.2, 0.25) is 5.91 Å². The molecule has 1 aromatic heterocycles. The molecule has 33 heavy (non-hydrogen) atoms. The Morgan fingerprint density at radius 1 is 0.879 bits per heavy atom. The summed E-state index contributed by atoms with van der Waals surface area (Å²) in [7, 11) is 0. The van der Waals surface area contributed by atoms with E-state index in [0.717, 1.165) is 37.3 Å². The van der Waals surface area contributed by atoms with Crippen LogP contribution in [-0.4, -0.2) is 32.4 Å². The fourth-order valence-electron chi connectivity index (χ4n) is 5.78. The van der Waals surface area contributed by atoms with Crippen molar-refractivity contribution in [3.05, 3.63) is 54.1 Å². The first-order valence-corrected chi connectivity index (χ1v) is 12.3. The van der Waals surface area contributed by atoms with E-state index in [1.165, 1.54) is 50.7 Å². The van der Waals surface area contributed by atoms with Crippen LogP contribution in [0.1, 0.15) is 64.2 Å². The van der Waals surface area contributed by atoms with Gasteiger partial charge in [-0.15, -0.1) is 0 Å². The van der Waals surface area contributed by atoms with Crippen molar-refractivity contribution in [2.75, 3.05) is 0 Å². The summed E-state index contributed by atoms with van der Waals surface area (Å²) in [6, 6.07) is 11.6. The number of amides is 1. The van der Waals surface area contributed by atoms with Gasteiger partial charge in [-0.3, -0.25) is 4.79 Å². The lowest BCUT2D eigenvalue weighted by molar-refractivity contribution is -0.138. The van der Waals surface area contributed by atoms with Crippen molar-refractivity contribution in [2.45, 2.75) is 82.8 Å². The smallest absolute Gasteiger partial charge is 0.243 e. The van der Waals surface area contributed by atoms with E-state index in [1.807, 2.05) is 28.8 Å². The first kappa shape index (κ1) is 22.1. The number of hydrogen-bond donors (Lipinski definition) is 0. The fourth-order valence-corrected chi connectivity index (χ4v) is 5.78. The molecule has 6 heteroatoms. The number of halogens is 2. The summed E-state index contributed by atoms with van der Waals surface area (Å²) in [5, 5.41) is 0. The molecule has 0 spiro atoms. The minimum absolute atomic E-state index is 0.0927. The van der Waals surface area contributed by atoms with Crippen LogP contribution in [-0.2, 0) is 11.3 Å². The summed E-state index contributed by atoms with van der Waals surface area (Å²) in [5.41, 5.74) is 1.86. The summed E-state index contributed by atoms with van der Waals surface area (Å²) in [5.74, 6) is -0.785. The highest BCUT2D eigenvalue weighted by Crippen LogP contribution is 2.32. The summed E-state index contributed by atoms with van der Waals surface area (Å²) in [6.07, 6.45) is 11.4. The van der Waals surface area contributed by atoms with Crippen molar-refractivity contribution in [3.8, 4) is 11.4 Å². The minimum atomic E-state index is -0.652. The van der Waals surface area contributed by atoms with E-state index in [1.54, 1.807) is 0 Å². The molecule has 0 radical (unpaired) electrons. The van der Waals surface area contributed by atoms with E-state index in [9.17, 15) is 13.6 Å². The SMILES string of the molecule is O=C(Cn1c(-c2cc(F)cc(F)c2)nc2ccccc21)N(C1CCCCC1)C1CCCCC1. The highest BCUT2D eigenvalue weighted by molar-refractivity contribution is 5.85. The molecule has 174 valence electrons. The van der Waals surface area contributed by atoms with Crippen molar-refractivity contribution in [1.29, 1.82) is 0 Å². The van der Waals surface area contributed by atoms with Gasteiger partial charge < -0.3 is 9.47 Å². The molecule has 0 bridgehead atoms. The molecule has 1 heterocycles. The second-order valence-corrected chi connectivity index (χ2v) is 9.55. The Hall–Kier alpha value is -2.76. The van der Waals surface area contributed by atoms with Gasteiger partial charge in [-0.05, 0) is 49.9 Å². The molecule has 0 unspecified atom stereocenters. The van der Waals surface area contributed by atoms with Crippen LogP contribution in [0, 0.1) is 11.6 Å². The molecule has 1 amide bonds. The van der Waals surface area contributed by atoms with Crippen LogP contribution in [0.4, 0.5) is 8.78 Å². The summed E-state index contributed by atoms with van der Waals surface area (Å²) < 4.78 is 29.9. The van der Waals surface area contributed by atoms with Gasteiger partial charge in [0.25, 0.3) is 0 Å². The van der Waals surface area contributed by atoms with Gasteiger partial charge in [-0.2, -0.15) is 0 Å². The van der Waals surface area contributed by atoms with E-state index in [0.29, 0.717) is 29.0 Å². The summed E-state index contributed by atoms with van der Waals surface area (Å²) in [6.45, 7) is 0.126. The number of benzene rings is 2. The first-order chi connectivity index (χ1) is 16.1. The summed E-state index contributed by atoms with van der Waals surface area (Å²) in [4.78, 5) is 20.7. The second-order valence-electron chi connectivity index (χ2n) is 9.55. The fraction of sp³-hybridized carbons (Fsp3) is 0.481. The number of carbonyl (C=O) groups is 1. The van der Waals surface area contributed by atoms with Crippen LogP contribution in [0.25, 0.3) is 22.4 Å². The van der Waals surface area contributed by atoms with Crippen LogP contribution < -0.4 is 0 Å². The van der Waals surface area contributed by atoms with E-state index in [-0.39, 0.29) is 12.5 Å². The molecule has 2 aromatic carbocycles. The van der Waals surface area contributed by atoms with Crippen molar-refractivity contribution < 1.29 is 13.6 Å². The Morgan fingerprint density at radius 2 is 1.45 bits per heavy atom. The van der Waals surface area contributed by atoms with Gasteiger partial charge in [0, 0.05) is 23.7 Å². The predicted octanol–water partition coefficient (Wildman–Crippen LogP) is 6.48. The molecular formula is C27H31F2N3O. The Morgan fingerprint density at radius 3 is 2.06 bits per heavy atom. The molecule has 2 aliphatic carbocycles. The number of carbonyl (C=O) groups excluding carboxylic acids is 1. The van der Waals surface area contributed by atoms with Crippen molar-refractivity contribution in [1.82, 2.24) is 14.5 Å². The maximum absolute atomic E-state index is 14.0. The maximum atomic E-state index is 14.0. The maximum Gasteiger partial charge on any atom is 0.243 e. The molecule has 2 fully saturated rings. The van der Waals surface area contributed by atoms with E-state index < -0.39 is 11.6 Å².